The van der Waals surface area contributed by atoms with Crippen LogP contribution in [0.25, 0.3) is 0 Å². The quantitative estimate of drug-likeness (QED) is 0.602. The maximum atomic E-state index is 10.5. The second kappa shape index (κ2) is 4.68. The monoisotopic (exact) mass is 303 g/mol. The Hall–Kier alpha value is -0.640. The van der Waals surface area contributed by atoms with Gasteiger partial charge in [-0.1, -0.05) is 37.6 Å². The van der Waals surface area contributed by atoms with Gasteiger partial charge in [0, 0.05) is 16.9 Å². The number of fused-ring (bicyclic) bond motifs is 5. The summed E-state index contributed by atoms with van der Waals surface area (Å²) < 4.78 is 0. The van der Waals surface area contributed by atoms with E-state index in [4.69, 9.17) is 5.73 Å². The van der Waals surface area contributed by atoms with Crippen LogP contribution in [-0.4, -0.2) is 28.5 Å². The fourth-order valence-electron chi connectivity index (χ4n) is 6.13. The van der Waals surface area contributed by atoms with Crippen molar-refractivity contribution in [1.82, 2.24) is 0 Å². The Labute approximate surface area is 133 Å². The highest BCUT2D eigenvalue weighted by molar-refractivity contribution is 5.34. The second-order valence-electron chi connectivity index (χ2n) is 8.65. The Bertz CT molecular complexity index is 542. The van der Waals surface area contributed by atoms with Gasteiger partial charge < -0.3 is 15.9 Å². The smallest absolute Gasteiger partial charge is 0.0858 e. The molecule has 22 heavy (non-hydrogen) atoms. The molecule has 0 aromatic rings. The number of aliphatic hydroxyl groups is 2. The fourth-order valence-corrected chi connectivity index (χ4v) is 6.13. The molecule has 0 heterocycles. The molecule has 0 spiro atoms. The molecule has 0 radical (unpaired) electrons. The van der Waals surface area contributed by atoms with Crippen LogP contribution in [-0.2, 0) is 0 Å². The lowest BCUT2D eigenvalue weighted by molar-refractivity contribution is -0.0326. The van der Waals surface area contributed by atoms with Crippen molar-refractivity contribution < 1.29 is 10.2 Å². The molecule has 8 atom stereocenters. The molecule has 2 saturated carbocycles. The molecule has 4 N–H and O–H groups in total. The molecule has 3 nitrogen and oxygen atoms in total. The normalized spacial score (nSPS) is 56.9. The standard InChI is InChI=1S/C19H29NO2/c1-18-7-5-12(20)9-11(18)3-4-13-14(18)6-8-19(2)15(13)10-16(21)17(19)22/h5-7,11-13,15-17,21-22H,3-4,8-10,20H2,1-2H3/t11?,12-,13-,15+,16-,17+,18+,19+/m1/s1. The molecule has 0 amide bonds. The average molecular weight is 303 g/mol. The van der Waals surface area contributed by atoms with Crippen molar-refractivity contribution in [2.45, 2.75) is 64.2 Å². The summed E-state index contributed by atoms with van der Waals surface area (Å²) in [5.41, 5.74) is 7.69. The second-order valence-corrected chi connectivity index (χ2v) is 8.65. The van der Waals surface area contributed by atoms with Crippen LogP contribution in [0.2, 0.25) is 0 Å². The molecule has 0 aromatic heterocycles. The van der Waals surface area contributed by atoms with Crippen LogP contribution in [0, 0.1) is 28.6 Å². The van der Waals surface area contributed by atoms with Crippen LogP contribution in [0.5, 0.6) is 0 Å². The molecule has 2 fully saturated rings. The zero-order chi connectivity index (χ0) is 15.7. The van der Waals surface area contributed by atoms with Gasteiger partial charge in [0.2, 0.25) is 0 Å². The van der Waals surface area contributed by atoms with Gasteiger partial charge in [-0.25, -0.2) is 0 Å². The van der Waals surface area contributed by atoms with Crippen molar-refractivity contribution in [1.29, 1.82) is 0 Å². The van der Waals surface area contributed by atoms with Crippen molar-refractivity contribution in [3.63, 3.8) is 0 Å². The van der Waals surface area contributed by atoms with E-state index in [0.717, 1.165) is 19.3 Å². The molecular formula is C19H29NO2. The molecule has 3 heteroatoms. The van der Waals surface area contributed by atoms with E-state index in [1.807, 2.05) is 0 Å². The van der Waals surface area contributed by atoms with Crippen molar-refractivity contribution in [2.24, 2.45) is 34.3 Å². The van der Waals surface area contributed by atoms with Crippen molar-refractivity contribution in [2.75, 3.05) is 0 Å². The largest absolute Gasteiger partial charge is 0.390 e. The Morgan fingerprint density at radius 2 is 1.95 bits per heavy atom. The minimum atomic E-state index is -0.573. The van der Waals surface area contributed by atoms with Gasteiger partial charge in [0.15, 0.2) is 0 Å². The first kappa shape index (κ1) is 14.9. The highest BCUT2D eigenvalue weighted by Crippen LogP contribution is 2.62. The Kier molecular flexibility index (Phi) is 3.18. The molecule has 4 aliphatic carbocycles. The third kappa shape index (κ3) is 1.79. The predicted molar refractivity (Wildman–Crippen MR) is 87.0 cm³/mol. The molecule has 1 unspecified atom stereocenters. The number of allylic oxidation sites excluding steroid dienone is 3. The molecule has 0 aliphatic heterocycles. The van der Waals surface area contributed by atoms with Crippen LogP contribution in [0.4, 0.5) is 0 Å². The van der Waals surface area contributed by atoms with Gasteiger partial charge >= 0.3 is 0 Å². The molecular weight excluding hydrogens is 274 g/mol. The van der Waals surface area contributed by atoms with Crippen molar-refractivity contribution >= 4 is 0 Å². The number of hydrogen-bond donors (Lipinski definition) is 3. The lowest BCUT2D eigenvalue weighted by atomic mass is 9.50. The number of rotatable bonds is 0. The fraction of sp³-hybridized carbons (Fsp3) is 0.789. The minimum absolute atomic E-state index is 0.138. The van der Waals surface area contributed by atoms with Crippen LogP contribution in [0.3, 0.4) is 0 Å². The van der Waals surface area contributed by atoms with Gasteiger partial charge in [-0.2, -0.15) is 0 Å². The van der Waals surface area contributed by atoms with Gasteiger partial charge in [0.25, 0.3) is 0 Å². The van der Waals surface area contributed by atoms with Crippen LogP contribution < -0.4 is 5.73 Å². The van der Waals surface area contributed by atoms with E-state index < -0.39 is 12.2 Å². The van der Waals surface area contributed by atoms with Crippen LogP contribution >= 0.6 is 0 Å². The van der Waals surface area contributed by atoms with Gasteiger partial charge in [0.05, 0.1) is 12.2 Å². The summed E-state index contributed by atoms with van der Waals surface area (Å²) >= 11 is 0. The van der Waals surface area contributed by atoms with Gasteiger partial charge in [-0.15, -0.1) is 0 Å². The zero-order valence-corrected chi connectivity index (χ0v) is 13.7. The van der Waals surface area contributed by atoms with E-state index in [-0.39, 0.29) is 16.9 Å². The maximum absolute atomic E-state index is 10.5. The summed E-state index contributed by atoms with van der Waals surface area (Å²) in [6, 6.07) is 0.208. The highest BCUT2D eigenvalue weighted by atomic mass is 16.3. The number of nitrogens with two attached hydrogens (primary N) is 1. The molecule has 122 valence electrons. The van der Waals surface area contributed by atoms with Gasteiger partial charge in [-0.05, 0) is 49.9 Å². The molecule has 4 aliphatic rings. The van der Waals surface area contributed by atoms with Crippen LogP contribution in [0.15, 0.2) is 23.8 Å². The Morgan fingerprint density at radius 1 is 1.18 bits per heavy atom. The SMILES string of the molecule is C[C@]12CC=C3[C@@H](CCC4C[C@H](N)C=C[C@]34C)[C@@H]1C[C@@H](O)[C@@H]2O. The summed E-state index contributed by atoms with van der Waals surface area (Å²) in [6.07, 6.45) is 11.0. The Balaban J connectivity index is 1.74. The van der Waals surface area contributed by atoms with Gasteiger partial charge in [-0.3, -0.25) is 0 Å². The topological polar surface area (TPSA) is 66.5 Å². The Morgan fingerprint density at radius 3 is 2.73 bits per heavy atom. The first-order chi connectivity index (χ1) is 10.4. The molecule has 0 bridgehead atoms. The van der Waals surface area contributed by atoms with E-state index in [1.165, 1.54) is 12.8 Å². The summed E-state index contributed by atoms with van der Waals surface area (Å²) in [6.45, 7) is 4.55. The number of hydrogen-bond acceptors (Lipinski definition) is 3. The first-order valence-corrected chi connectivity index (χ1v) is 8.88. The third-order valence-electron chi connectivity index (χ3n) is 7.57. The van der Waals surface area contributed by atoms with Gasteiger partial charge in [0.1, 0.15) is 0 Å². The molecule has 4 rings (SSSR count). The minimum Gasteiger partial charge on any atom is -0.390 e. The van der Waals surface area contributed by atoms with Crippen molar-refractivity contribution in [3.05, 3.63) is 23.8 Å². The van der Waals surface area contributed by atoms with E-state index >= 15 is 0 Å². The lowest BCUT2D eigenvalue weighted by Gasteiger charge is -2.54. The van der Waals surface area contributed by atoms with E-state index in [1.54, 1.807) is 5.57 Å². The molecule has 0 saturated heterocycles. The van der Waals surface area contributed by atoms with Crippen molar-refractivity contribution in [3.8, 4) is 0 Å². The third-order valence-corrected chi connectivity index (χ3v) is 7.57. The summed E-state index contributed by atoms with van der Waals surface area (Å²) in [5, 5.41) is 20.7. The van der Waals surface area contributed by atoms with Crippen LogP contribution in [0.1, 0.15) is 46.0 Å². The molecule has 0 aromatic carbocycles. The average Bonchev–Trinajstić information content (AvgIpc) is 2.72. The first-order valence-electron chi connectivity index (χ1n) is 8.88. The van der Waals surface area contributed by atoms with E-state index in [2.05, 4.69) is 32.1 Å². The summed E-state index contributed by atoms with van der Waals surface area (Å²) in [4.78, 5) is 0. The zero-order valence-electron chi connectivity index (χ0n) is 13.7. The number of aliphatic hydroxyl groups excluding tert-OH is 2. The summed E-state index contributed by atoms with van der Waals surface area (Å²) in [5.74, 6) is 1.58. The lowest BCUT2D eigenvalue weighted by Crippen LogP contribution is -2.48. The maximum Gasteiger partial charge on any atom is 0.0858 e. The predicted octanol–water partition coefficient (Wildman–Crippen LogP) is 2.38. The highest BCUT2D eigenvalue weighted by Gasteiger charge is 2.58. The summed E-state index contributed by atoms with van der Waals surface area (Å²) in [7, 11) is 0. The van der Waals surface area contributed by atoms with E-state index in [0.29, 0.717) is 17.8 Å². The van der Waals surface area contributed by atoms with E-state index in [9.17, 15) is 10.2 Å².